The largest absolute Gasteiger partial charge is 0.394 e. The van der Waals surface area contributed by atoms with Gasteiger partial charge in [-0.3, -0.25) is 0 Å². The zero-order chi connectivity index (χ0) is 21.3. The van der Waals surface area contributed by atoms with Gasteiger partial charge in [-0.15, -0.1) is 16.4 Å². The van der Waals surface area contributed by atoms with Gasteiger partial charge in [0.05, 0.1) is 12.8 Å². The molecule has 5 unspecified atom stereocenters. The summed E-state index contributed by atoms with van der Waals surface area (Å²) in [6, 6.07) is 2.76. The number of hydrogen-bond donors (Lipinski definition) is 3. The molecule has 0 radical (unpaired) electrons. The Labute approximate surface area is 187 Å². The van der Waals surface area contributed by atoms with Crippen molar-refractivity contribution in [1.82, 2.24) is 25.0 Å². The van der Waals surface area contributed by atoms with Gasteiger partial charge >= 0.3 is 0 Å². The molecule has 1 fully saturated rings. The van der Waals surface area contributed by atoms with Crippen LogP contribution in [0, 0.1) is 11.3 Å². The molecule has 0 bridgehead atoms. The first-order chi connectivity index (χ1) is 14.5. The fraction of sp³-hybridized carbons (Fsp3) is 0.353. The number of rotatable bonds is 5. The molecule has 1 aliphatic heterocycles. The van der Waals surface area contributed by atoms with E-state index in [0.717, 1.165) is 11.8 Å². The molecule has 0 amide bonds. The van der Waals surface area contributed by atoms with Crippen molar-refractivity contribution >= 4 is 39.0 Å². The topological polar surface area (TPSA) is 150 Å². The summed E-state index contributed by atoms with van der Waals surface area (Å²) >= 11 is 5.78. The number of nitrogens with zero attached hydrogens (tertiary/aromatic N) is 6. The normalized spacial score (nSPS) is 26.4. The molecular formula is C17H15BrN6O4S2. The smallest absolute Gasteiger partial charge is 0.154 e. The van der Waals surface area contributed by atoms with E-state index in [1.54, 1.807) is 23.8 Å². The minimum Gasteiger partial charge on any atom is -0.394 e. The van der Waals surface area contributed by atoms with Gasteiger partial charge in [0.25, 0.3) is 0 Å². The number of nitriles is 1. The third-order valence-electron chi connectivity index (χ3n) is 4.48. The van der Waals surface area contributed by atoms with Crippen LogP contribution in [0.1, 0.15) is 11.7 Å². The van der Waals surface area contributed by atoms with Crippen LogP contribution < -0.4 is 0 Å². The second-order valence-corrected chi connectivity index (χ2v) is 9.30. The number of aliphatic hydroxyl groups is 3. The minimum atomic E-state index is -1.23. The Morgan fingerprint density at radius 2 is 2.17 bits per heavy atom. The van der Waals surface area contributed by atoms with E-state index in [0.29, 0.717) is 20.1 Å². The van der Waals surface area contributed by atoms with Crippen LogP contribution in [0.4, 0.5) is 0 Å². The predicted octanol–water partition coefficient (Wildman–Crippen LogP) is 1.20. The predicted molar refractivity (Wildman–Crippen MR) is 110 cm³/mol. The van der Waals surface area contributed by atoms with Crippen molar-refractivity contribution in [3.8, 4) is 16.8 Å². The number of aromatic nitrogens is 5. The molecule has 5 atom stereocenters. The molecule has 0 aromatic carbocycles. The van der Waals surface area contributed by atoms with E-state index in [4.69, 9.17) is 4.74 Å². The number of ether oxygens (including phenoxy) is 1. The van der Waals surface area contributed by atoms with E-state index in [9.17, 15) is 20.6 Å². The van der Waals surface area contributed by atoms with E-state index < -0.39 is 36.4 Å². The van der Waals surface area contributed by atoms with E-state index >= 15 is 0 Å². The number of hydrogen-bond acceptors (Lipinski definition) is 11. The van der Waals surface area contributed by atoms with Crippen molar-refractivity contribution in [3.05, 3.63) is 40.2 Å². The summed E-state index contributed by atoms with van der Waals surface area (Å²) in [5, 5.41) is 51.3. The monoisotopic (exact) mass is 510 g/mol. The minimum absolute atomic E-state index is 0.175. The molecule has 30 heavy (non-hydrogen) atoms. The van der Waals surface area contributed by atoms with Crippen LogP contribution >= 0.6 is 39.0 Å². The van der Waals surface area contributed by atoms with Crippen molar-refractivity contribution in [2.45, 2.75) is 34.7 Å². The molecule has 10 nitrogen and oxygen atoms in total. The average Bonchev–Trinajstić information content (AvgIpc) is 3.42. The van der Waals surface area contributed by atoms with Gasteiger partial charge in [-0.2, -0.15) is 5.26 Å². The summed E-state index contributed by atoms with van der Waals surface area (Å²) in [5.41, 5.74) is -0.219. The van der Waals surface area contributed by atoms with E-state index in [1.807, 2.05) is 6.07 Å². The molecule has 156 valence electrons. The highest BCUT2D eigenvalue weighted by Crippen LogP contribution is 2.39. The molecule has 13 heteroatoms. The first kappa shape index (κ1) is 21.3. The van der Waals surface area contributed by atoms with E-state index in [2.05, 4.69) is 36.2 Å². The first-order valence-electron chi connectivity index (χ1n) is 8.68. The highest BCUT2D eigenvalue weighted by atomic mass is 79.9. The Bertz CT molecular complexity index is 1060. The van der Waals surface area contributed by atoms with Gasteiger partial charge in [0.2, 0.25) is 0 Å². The maximum absolute atomic E-state index is 11.0. The molecule has 1 saturated heterocycles. The molecule has 3 N–H and O–H groups in total. The molecule has 3 aromatic heterocycles. The van der Waals surface area contributed by atoms with E-state index in [1.165, 1.54) is 22.2 Å². The van der Waals surface area contributed by atoms with Gasteiger partial charge in [-0.1, -0.05) is 17.0 Å². The molecule has 0 aliphatic carbocycles. The highest BCUT2D eigenvalue weighted by Gasteiger charge is 2.46. The Morgan fingerprint density at radius 1 is 1.33 bits per heavy atom. The third kappa shape index (κ3) is 4.12. The summed E-state index contributed by atoms with van der Waals surface area (Å²) in [4.78, 5) is 8.72. The Balaban J connectivity index is 1.64. The molecule has 4 heterocycles. The van der Waals surface area contributed by atoms with Gasteiger partial charge in [-0.25, -0.2) is 14.6 Å². The second kappa shape index (κ2) is 9.06. The molecule has 4 rings (SSSR count). The maximum atomic E-state index is 11.0. The highest BCUT2D eigenvalue weighted by molar-refractivity contribution is 9.10. The zero-order valence-electron chi connectivity index (χ0n) is 15.1. The molecule has 3 aromatic rings. The van der Waals surface area contributed by atoms with Crippen LogP contribution in [-0.2, 0) is 4.74 Å². The summed E-state index contributed by atoms with van der Waals surface area (Å²) in [5.74, 6) is 0. The fourth-order valence-electron chi connectivity index (χ4n) is 3.07. The quantitative estimate of drug-likeness (QED) is 0.456. The van der Waals surface area contributed by atoms with Crippen molar-refractivity contribution in [2.75, 3.05) is 6.61 Å². The van der Waals surface area contributed by atoms with Crippen LogP contribution in [0.2, 0.25) is 0 Å². The van der Waals surface area contributed by atoms with Crippen LogP contribution in [-0.4, -0.2) is 70.6 Å². The number of pyridine rings is 1. The third-order valence-corrected chi connectivity index (χ3v) is 6.90. The lowest BCUT2D eigenvalue weighted by molar-refractivity contribution is -0.178. The lowest BCUT2D eigenvalue weighted by Crippen LogP contribution is -2.55. The van der Waals surface area contributed by atoms with E-state index in [-0.39, 0.29) is 5.69 Å². The molecule has 0 saturated carbocycles. The van der Waals surface area contributed by atoms with Crippen molar-refractivity contribution in [1.29, 1.82) is 5.26 Å². The zero-order valence-corrected chi connectivity index (χ0v) is 18.3. The fourth-order valence-corrected chi connectivity index (χ4v) is 5.29. The second-order valence-electron chi connectivity index (χ2n) is 6.35. The summed E-state index contributed by atoms with van der Waals surface area (Å²) < 4.78 is 7.74. The van der Waals surface area contributed by atoms with Gasteiger partial charge in [-0.05, 0) is 22.0 Å². The van der Waals surface area contributed by atoms with Gasteiger partial charge < -0.3 is 20.1 Å². The Hall–Kier alpha value is -1.92. The van der Waals surface area contributed by atoms with Crippen LogP contribution in [0.25, 0.3) is 10.7 Å². The molecule has 1 aliphatic rings. The lowest BCUT2D eigenvalue weighted by Gasteiger charge is -2.41. The Kier molecular flexibility index (Phi) is 6.44. The number of thioether (sulfide) groups is 1. The van der Waals surface area contributed by atoms with Crippen LogP contribution in [0.3, 0.4) is 0 Å². The lowest BCUT2D eigenvalue weighted by atomic mass is 9.97. The number of aliphatic hydroxyl groups excluding tert-OH is 3. The van der Waals surface area contributed by atoms with Gasteiger partial charge in [0.15, 0.2) is 5.69 Å². The number of thiazole rings is 1. The summed E-state index contributed by atoms with van der Waals surface area (Å²) in [6.07, 6.45) is 1.31. The number of halogens is 1. The Morgan fingerprint density at radius 3 is 2.87 bits per heavy atom. The first-order valence-corrected chi connectivity index (χ1v) is 11.2. The molecule has 0 spiro atoms. The van der Waals surface area contributed by atoms with Crippen LogP contribution in [0.5, 0.6) is 0 Å². The standard InChI is InChI=1S/C17H15BrN6O4S2/c18-8-3-12(9(4-19)21-5-8)30-17-15(27)13(14(26)11(7-25)28-17)24-6-10(22-23-24)16-20-1-2-29-16/h1-3,5-6,11,13-15,17,25-27H,7H2. The maximum Gasteiger partial charge on any atom is 0.154 e. The van der Waals surface area contributed by atoms with Gasteiger partial charge in [0, 0.05) is 27.1 Å². The summed E-state index contributed by atoms with van der Waals surface area (Å²) in [6.45, 7) is -0.461. The van der Waals surface area contributed by atoms with Gasteiger partial charge in [0.1, 0.15) is 46.6 Å². The van der Waals surface area contributed by atoms with Crippen LogP contribution in [0.15, 0.2) is 39.4 Å². The van der Waals surface area contributed by atoms with Crippen molar-refractivity contribution < 1.29 is 20.1 Å². The SMILES string of the molecule is N#Cc1ncc(Br)cc1SC1OC(CO)C(O)C(n2cc(-c3nccs3)nn2)C1O. The van der Waals surface area contributed by atoms with Crippen molar-refractivity contribution in [3.63, 3.8) is 0 Å². The average molecular weight is 511 g/mol. The molecular weight excluding hydrogens is 496 g/mol. The van der Waals surface area contributed by atoms with Crippen molar-refractivity contribution in [2.24, 2.45) is 0 Å². The summed E-state index contributed by atoms with van der Waals surface area (Å²) in [7, 11) is 0.